The zero-order valence-electron chi connectivity index (χ0n) is 21.2. The van der Waals surface area contributed by atoms with Crippen LogP contribution in [0.1, 0.15) is 47.3 Å². The van der Waals surface area contributed by atoms with Gasteiger partial charge in [0.25, 0.3) is 5.56 Å². The molecule has 6 atom stereocenters. The summed E-state index contributed by atoms with van der Waals surface area (Å²) in [5.41, 5.74) is -3.51. The number of hydrogen-bond acceptors (Lipinski definition) is 12. The molecule has 1 aliphatic rings. The van der Waals surface area contributed by atoms with Crippen LogP contribution in [0, 0.1) is 0 Å². The van der Waals surface area contributed by atoms with Crippen molar-refractivity contribution >= 4 is 30.0 Å². The lowest BCUT2D eigenvalue weighted by Gasteiger charge is -2.27. The monoisotopic (exact) mass is 567 g/mol. The van der Waals surface area contributed by atoms with Gasteiger partial charge in [0, 0.05) is 18.0 Å². The average molecular weight is 568 g/mol. The molecule has 0 spiro atoms. The van der Waals surface area contributed by atoms with Crippen LogP contribution in [-0.2, 0) is 32.9 Å². The van der Waals surface area contributed by atoms with Gasteiger partial charge in [-0.3, -0.25) is 28.5 Å². The maximum absolute atomic E-state index is 13.6. The van der Waals surface area contributed by atoms with Gasteiger partial charge in [-0.25, -0.2) is 9.88 Å². The van der Waals surface area contributed by atoms with E-state index in [1.165, 1.54) is 13.8 Å². The molecule has 1 aromatic rings. The summed E-state index contributed by atoms with van der Waals surface area (Å²) in [4.78, 5) is 49.5. The summed E-state index contributed by atoms with van der Waals surface area (Å²) >= 11 is 0.747. The highest BCUT2D eigenvalue weighted by Gasteiger charge is 2.54. The molecule has 4 N–H and O–H groups in total. The number of aliphatic hydroxyl groups is 2. The van der Waals surface area contributed by atoms with Crippen LogP contribution in [0.5, 0.6) is 0 Å². The number of aliphatic hydroxyl groups excluding tert-OH is 1. The smallest absolute Gasteiger partial charge is 0.330 e. The van der Waals surface area contributed by atoms with Crippen molar-refractivity contribution in [3.63, 3.8) is 0 Å². The van der Waals surface area contributed by atoms with E-state index in [1.807, 2.05) is 4.98 Å². The molecule has 210 valence electrons. The Morgan fingerprint density at radius 2 is 2.03 bits per heavy atom. The van der Waals surface area contributed by atoms with Gasteiger partial charge in [-0.05, 0) is 34.6 Å². The minimum Gasteiger partial charge on any atom is -0.466 e. The lowest BCUT2D eigenvalue weighted by Crippen LogP contribution is -2.46. The van der Waals surface area contributed by atoms with Crippen LogP contribution in [0.2, 0.25) is 0 Å². The Kier molecular flexibility index (Phi) is 11.1. The lowest BCUT2D eigenvalue weighted by atomic mass is 9.96. The summed E-state index contributed by atoms with van der Waals surface area (Å²) in [6.45, 7) is 3.38. The molecule has 16 heteroatoms. The molecule has 0 aromatic carbocycles. The molecule has 0 aliphatic carbocycles. The number of hydrogen-bond donors (Lipinski definition) is 4. The van der Waals surface area contributed by atoms with E-state index in [-0.39, 0.29) is 18.8 Å². The summed E-state index contributed by atoms with van der Waals surface area (Å²) < 4.78 is 35.7. The van der Waals surface area contributed by atoms with E-state index in [9.17, 15) is 34.0 Å². The highest BCUT2D eigenvalue weighted by Crippen LogP contribution is 2.57. The van der Waals surface area contributed by atoms with Gasteiger partial charge in [0.05, 0.1) is 25.7 Å². The third-order valence-electron chi connectivity index (χ3n) is 5.20. The third kappa shape index (κ3) is 8.50. The van der Waals surface area contributed by atoms with E-state index in [0.29, 0.717) is 0 Å². The van der Waals surface area contributed by atoms with Crippen molar-refractivity contribution in [2.75, 3.05) is 19.0 Å². The average Bonchev–Trinajstić information content (AvgIpc) is 3.01. The first-order valence-electron chi connectivity index (χ1n) is 11.6. The zero-order chi connectivity index (χ0) is 28.0. The Bertz CT molecular complexity index is 1110. The zero-order valence-corrected chi connectivity index (χ0v) is 23.0. The second kappa shape index (κ2) is 13.2. The summed E-state index contributed by atoms with van der Waals surface area (Å²) in [6.07, 6.45) is -3.62. The van der Waals surface area contributed by atoms with Crippen molar-refractivity contribution in [3.8, 4) is 0 Å². The topological polar surface area (TPSA) is 195 Å². The predicted molar refractivity (Wildman–Crippen MR) is 133 cm³/mol. The number of aromatic amines is 1. The summed E-state index contributed by atoms with van der Waals surface area (Å²) in [5.74, 6) is -1.16. The van der Waals surface area contributed by atoms with Crippen molar-refractivity contribution in [2.45, 2.75) is 77.2 Å². The fraction of sp³-hybridized carbons (Fsp3) is 0.714. The molecule has 14 nitrogen and oxygen atoms in total. The van der Waals surface area contributed by atoms with Crippen molar-refractivity contribution in [3.05, 3.63) is 33.1 Å². The van der Waals surface area contributed by atoms with Crippen LogP contribution >= 0.6 is 18.1 Å². The number of esters is 2. The number of nitrogens with one attached hydrogen (secondary N) is 2. The highest BCUT2D eigenvalue weighted by atomic mass is 32.7. The molecule has 37 heavy (non-hydrogen) atoms. The fourth-order valence-corrected chi connectivity index (χ4v) is 7.12. The SMILES string of the molecule is CCOC(=O)CCSP(=O)(N[C@H](C)C(=O)OC(C)C)OC[C@H]1O[C@@H](n2ccc(=O)[nH]c2=O)[C@](C)(O)[C@@H]1O. The molecule has 1 fully saturated rings. The molecule has 0 saturated carbocycles. The first kappa shape index (κ1) is 31.2. The molecular formula is C21H34N3O11PS. The van der Waals surface area contributed by atoms with Crippen LogP contribution in [0.3, 0.4) is 0 Å². The minimum absolute atomic E-state index is 0.0241. The van der Waals surface area contributed by atoms with Gasteiger partial charge in [0.15, 0.2) is 6.23 Å². The Morgan fingerprint density at radius 3 is 2.62 bits per heavy atom. The first-order valence-corrected chi connectivity index (χ1v) is 14.8. The van der Waals surface area contributed by atoms with Gasteiger partial charge in [0.2, 0.25) is 0 Å². The van der Waals surface area contributed by atoms with Crippen LogP contribution in [0.15, 0.2) is 21.9 Å². The minimum atomic E-state index is -3.91. The van der Waals surface area contributed by atoms with E-state index in [0.717, 1.165) is 28.2 Å². The number of aromatic nitrogens is 2. The number of carbonyl (C=O) groups is 2. The van der Waals surface area contributed by atoms with Gasteiger partial charge in [-0.15, -0.1) is 0 Å². The van der Waals surface area contributed by atoms with Crippen LogP contribution in [0.4, 0.5) is 0 Å². The quantitative estimate of drug-likeness (QED) is 0.188. The number of carbonyl (C=O) groups excluding carboxylic acids is 2. The van der Waals surface area contributed by atoms with Gasteiger partial charge in [-0.1, -0.05) is 11.4 Å². The molecule has 0 bridgehead atoms. The molecule has 1 saturated heterocycles. The number of rotatable bonds is 13. The summed E-state index contributed by atoms with van der Waals surface area (Å²) in [6, 6.07) is 0.000746. The molecule has 0 radical (unpaired) electrons. The maximum Gasteiger partial charge on any atom is 0.330 e. The largest absolute Gasteiger partial charge is 0.466 e. The first-order chi connectivity index (χ1) is 17.2. The highest BCUT2D eigenvalue weighted by molar-refractivity contribution is 8.56. The third-order valence-corrected chi connectivity index (χ3v) is 9.32. The van der Waals surface area contributed by atoms with E-state index in [2.05, 4.69) is 5.09 Å². The van der Waals surface area contributed by atoms with Gasteiger partial charge in [-0.2, -0.15) is 0 Å². The Balaban J connectivity index is 2.17. The van der Waals surface area contributed by atoms with Gasteiger partial charge in [0.1, 0.15) is 23.9 Å². The molecular weight excluding hydrogens is 533 g/mol. The molecule has 2 heterocycles. The Labute approximate surface area is 217 Å². The molecule has 2 rings (SSSR count). The van der Waals surface area contributed by atoms with Crippen molar-refractivity contribution in [1.82, 2.24) is 14.6 Å². The second-order valence-electron chi connectivity index (χ2n) is 8.73. The van der Waals surface area contributed by atoms with Crippen molar-refractivity contribution in [1.29, 1.82) is 0 Å². The Morgan fingerprint density at radius 1 is 1.35 bits per heavy atom. The van der Waals surface area contributed by atoms with E-state index in [4.69, 9.17) is 18.7 Å². The van der Waals surface area contributed by atoms with E-state index < -0.39 is 72.7 Å². The number of ether oxygens (including phenoxy) is 3. The van der Waals surface area contributed by atoms with Crippen molar-refractivity contribution in [2.24, 2.45) is 0 Å². The molecule has 1 unspecified atom stereocenters. The molecule has 0 amide bonds. The van der Waals surface area contributed by atoms with E-state index >= 15 is 0 Å². The van der Waals surface area contributed by atoms with E-state index in [1.54, 1.807) is 20.8 Å². The number of nitrogens with zero attached hydrogens (tertiary/aromatic N) is 1. The Hall–Kier alpha value is -2.00. The van der Waals surface area contributed by atoms with Crippen molar-refractivity contribution < 1.29 is 43.1 Å². The second-order valence-corrected chi connectivity index (χ2v) is 13.1. The maximum atomic E-state index is 13.6. The van der Waals surface area contributed by atoms with Gasteiger partial charge >= 0.3 is 24.3 Å². The van der Waals surface area contributed by atoms with Gasteiger partial charge < -0.3 is 28.9 Å². The van der Waals surface area contributed by atoms with Crippen LogP contribution < -0.4 is 16.3 Å². The molecule has 1 aromatic heterocycles. The fourth-order valence-electron chi connectivity index (χ4n) is 3.38. The predicted octanol–water partition coefficient (Wildman–Crippen LogP) is 0.287. The normalized spacial score (nSPS) is 26.0. The molecule has 1 aliphatic heterocycles. The summed E-state index contributed by atoms with van der Waals surface area (Å²) in [5, 5.41) is 24.1. The van der Waals surface area contributed by atoms with Crippen LogP contribution in [0.25, 0.3) is 0 Å². The lowest BCUT2D eigenvalue weighted by molar-refractivity contribution is -0.149. The number of H-pyrrole nitrogens is 1. The van der Waals surface area contributed by atoms with Crippen LogP contribution in [-0.4, -0.2) is 80.6 Å². The summed E-state index contributed by atoms with van der Waals surface area (Å²) in [7, 11) is 0. The standard InChI is InChI=1S/C21H34N3O11PS/c1-6-32-16(26)8-10-37-36(31,23-13(4)18(28)34-12(2)3)33-11-14-17(27)21(5,30)19(35-14)24-9-7-15(25)22-20(24)29/h7,9,12-14,17,19,27,30H,6,8,10-11H2,1-5H3,(H,23,31)(H,22,25,29)/t13-,14-,17-,19-,21-,36?/m1/s1.